The van der Waals surface area contributed by atoms with Gasteiger partial charge in [0.1, 0.15) is 35.4 Å². The van der Waals surface area contributed by atoms with Gasteiger partial charge in [-0.2, -0.15) is 5.10 Å². The number of nitrogen functional groups attached to an aromatic ring is 1. The monoisotopic (exact) mass is 853 g/mol. The summed E-state index contributed by atoms with van der Waals surface area (Å²) < 4.78 is 7.85. The second-order valence-corrected chi connectivity index (χ2v) is 15.7. The van der Waals surface area contributed by atoms with Crippen LogP contribution >= 0.6 is 0 Å². The van der Waals surface area contributed by atoms with E-state index in [9.17, 15) is 28.8 Å². The Hall–Kier alpha value is -7.47. The van der Waals surface area contributed by atoms with Crippen molar-refractivity contribution in [2.75, 3.05) is 57.4 Å². The number of hydrogen-bond acceptors (Lipinski definition) is 13. The smallest absolute Gasteiger partial charge is 0.264 e. The van der Waals surface area contributed by atoms with Gasteiger partial charge in [0.25, 0.3) is 11.8 Å². The van der Waals surface area contributed by atoms with Crippen LogP contribution < -0.4 is 26.4 Å². The fourth-order valence-electron chi connectivity index (χ4n) is 8.12. The number of para-hydroxylation sites is 1. The van der Waals surface area contributed by atoms with Crippen LogP contribution in [-0.4, -0.2) is 122 Å². The molecule has 63 heavy (non-hydrogen) atoms. The molecule has 2 aromatic heterocycles. The van der Waals surface area contributed by atoms with Gasteiger partial charge in [-0.1, -0.05) is 30.3 Å². The Bertz CT molecular complexity index is 2600. The van der Waals surface area contributed by atoms with Crippen LogP contribution in [0.25, 0.3) is 22.3 Å². The predicted molar refractivity (Wildman–Crippen MR) is 232 cm³/mol. The van der Waals surface area contributed by atoms with E-state index < -0.39 is 29.7 Å². The van der Waals surface area contributed by atoms with Gasteiger partial charge < -0.3 is 30.9 Å². The van der Waals surface area contributed by atoms with Crippen LogP contribution in [0.2, 0.25) is 0 Å². The summed E-state index contributed by atoms with van der Waals surface area (Å²) in [5.41, 5.74) is 9.01. The molecule has 3 aromatic carbocycles. The third kappa shape index (κ3) is 9.25. The second-order valence-electron chi connectivity index (χ2n) is 15.7. The number of nitrogens with one attached hydrogen (secondary N) is 3. The number of likely N-dealkylation sites (tertiary alicyclic amines) is 1. The van der Waals surface area contributed by atoms with Crippen molar-refractivity contribution in [2.24, 2.45) is 0 Å². The number of anilines is 2. The van der Waals surface area contributed by atoms with Gasteiger partial charge in [-0.05, 0) is 87.8 Å². The molecule has 5 N–H and O–H groups in total. The highest BCUT2D eigenvalue weighted by atomic mass is 16.5. The molecule has 0 radical (unpaired) electrons. The Morgan fingerprint density at radius 1 is 0.968 bits per heavy atom. The molecule has 3 aliphatic heterocycles. The first-order valence-electron chi connectivity index (χ1n) is 20.9. The lowest BCUT2D eigenvalue weighted by molar-refractivity contribution is -0.136. The van der Waals surface area contributed by atoms with Gasteiger partial charge >= 0.3 is 0 Å². The minimum absolute atomic E-state index is 0.0209. The van der Waals surface area contributed by atoms with Crippen LogP contribution in [-0.2, 0) is 19.2 Å². The fraction of sp³-hybridized carbons (Fsp3) is 0.311. The number of nitrogens with zero attached hydrogens (tertiary/aromatic N) is 7. The summed E-state index contributed by atoms with van der Waals surface area (Å²) >= 11 is 0. The lowest BCUT2D eigenvalue weighted by Crippen LogP contribution is -2.54. The zero-order chi connectivity index (χ0) is 44.0. The maximum atomic E-state index is 13.4. The topological polar surface area (TPSA) is 227 Å². The summed E-state index contributed by atoms with van der Waals surface area (Å²) in [4.78, 5) is 90.1. The SMILES string of the molecule is CN(CC=CC(=O)N1CCCC(n2nc(-c3ccc(Oc4ccccc4)cc3)c3c(N)ncnc32)C1)CCCNC(=O)CNc1cccc2c1C(=O)N(C1CCC(=O)NC1=O)C2=O. The van der Waals surface area contributed by atoms with Crippen molar-refractivity contribution in [1.82, 2.24) is 45.1 Å². The van der Waals surface area contributed by atoms with Gasteiger partial charge in [-0.25, -0.2) is 14.6 Å². The standard InChI is InChI=1S/C45H47N11O7/c1-53(23-8-21-47-36(58)25-48-33-13-5-12-32-38(33)45(62)55(44(32)61)34-19-20-35(57)51-43(34)60)22-7-14-37(59)54-24-6-9-29(26-54)56-42-39(41(46)49-27-50-42)40(52-56)28-15-17-31(18-16-28)63-30-10-3-2-4-11-30/h2-5,7,10-18,27,29,34,48H,6,8-9,19-26H2,1H3,(H,47,58)(H2,46,49,50)(H,51,57,60). The van der Waals surface area contributed by atoms with E-state index in [4.69, 9.17) is 15.6 Å². The molecule has 2 atom stereocenters. The number of carbonyl (C=O) groups excluding carboxylic acids is 6. The van der Waals surface area contributed by atoms with Crippen LogP contribution in [0.3, 0.4) is 0 Å². The van der Waals surface area contributed by atoms with Crippen LogP contribution in [0.4, 0.5) is 11.5 Å². The molecule has 6 amide bonds. The maximum absolute atomic E-state index is 13.4. The Kier molecular flexibility index (Phi) is 12.5. The summed E-state index contributed by atoms with van der Waals surface area (Å²) in [5.74, 6) is -1.06. The molecule has 2 unspecified atom stereocenters. The van der Waals surface area contributed by atoms with E-state index in [0.717, 1.165) is 29.1 Å². The lowest BCUT2D eigenvalue weighted by atomic mass is 10.0. The Balaban J connectivity index is 0.790. The molecular formula is C45H47N11O7. The molecule has 3 aliphatic rings. The number of aromatic nitrogens is 4. The van der Waals surface area contributed by atoms with Crippen LogP contribution in [0.1, 0.15) is 58.9 Å². The molecule has 0 aliphatic carbocycles. The first kappa shape index (κ1) is 42.2. The van der Waals surface area contributed by atoms with E-state index in [1.165, 1.54) is 12.4 Å². The third-order valence-electron chi connectivity index (χ3n) is 11.3. The number of hydrogen-bond donors (Lipinski definition) is 4. The van der Waals surface area contributed by atoms with Gasteiger partial charge in [-0.3, -0.25) is 39.0 Å². The fourth-order valence-corrected chi connectivity index (χ4v) is 8.12. The quantitative estimate of drug-likeness (QED) is 0.0673. The zero-order valence-corrected chi connectivity index (χ0v) is 34.7. The first-order valence-corrected chi connectivity index (χ1v) is 20.9. The summed E-state index contributed by atoms with van der Waals surface area (Å²) in [6, 6.07) is 20.7. The molecule has 5 heterocycles. The Morgan fingerprint density at radius 3 is 2.56 bits per heavy atom. The molecule has 2 fully saturated rings. The van der Waals surface area contributed by atoms with Gasteiger partial charge in [0.15, 0.2) is 5.65 Å². The van der Waals surface area contributed by atoms with Gasteiger partial charge in [0.2, 0.25) is 23.6 Å². The van der Waals surface area contributed by atoms with Gasteiger partial charge in [-0.15, -0.1) is 0 Å². The predicted octanol–water partition coefficient (Wildman–Crippen LogP) is 3.54. The van der Waals surface area contributed by atoms with Crippen molar-refractivity contribution in [2.45, 2.75) is 44.2 Å². The molecule has 18 nitrogen and oxygen atoms in total. The number of carbonyl (C=O) groups is 6. The number of likely N-dealkylation sites (N-methyl/N-ethyl adjacent to an activating group) is 1. The maximum Gasteiger partial charge on any atom is 0.264 e. The number of imide groups is 2. The number of fused-ring (bicyclic) bond motifs is 2. The number of nitrogens with two attached hydrogens (primary N) is 1. The average molecular weight is 854 g/mol. The van der Waals surface area contributed by atoms with Crippen LogP contribution in [0, 0.1) is 0 Å². The van der Waals surface area contributed by atoms with E-state index in [0.29, 0.717) is 73.1 Å². The van der Waals surface area contributed by atoms with E-state index >= 15 is 0 Å². The summed E-state index contributed by atoms with van der Waals surface area (Å²) in [7, 11) is 1.93. The minimum Gasteiger partial charge on any atom is -0.457 e. The normalized spacial score (nSPS) is 17.7. The largest absolute Gasteiger partial charge is 0.457 e. The molecule has 0 spiro atoms. The number of amides is 6. The van der Waals surface area contributed by atoms with Crippen molar-refractivity contribution < 1.29 is 33.5 Å². The molecule has 18 heteroatoms. The van der Waals surface area contributed by atoms with Crippen molar-refractivity contribution in [1.29, 1.82) is 0 Å². The highest BCUT2D eigenvalue weighted by Crippen LogP contribution is 2.36. The zero-order valence-electron chi connectivity index (χ0n) is 34.7. The second kappa shape index (κ2) is 18.7. The highest BCUT2D eigenvalue weighted by molar-refractivity contribution is 6.25. The molecule has 2 saturated heterocycles. The molecule has 0 bridgehead atoms. The van der Waals surface area contributed by atoms with Gasteiger partial charge in [0.05, 0.1) is 29.1 Å². The van der Waals surface area contributed by atoms with E-state index in [-0.39, 0.29) is 48.4 Å². The van der Waals surface area contributed by atoms with E-state index in [1.54, 1.807) is 18.2 Å². The molecule has 324 valence electrons. The third-order valence-corrected chi connectivity index (χ3v) is 11.3. The summed E-state index contributed by atoms with van der Waals surface area (Å²) in [6.07, 6.45) is 7.19. The van der Waals surface area contributed by atoms with Crippen LogP contribution in [0.5, 0.6) is 11.5 Å². The number of benzene rings is 3. The molecule has 8 rings (SSSR count). The summed E-state index contributed by atoms with van der Waals surface area (Å²) in [5, 5.41) is 13.6. The molecular weight excluding hydrogens is 807 g/mol. The summed E-state index contributed by atoms with van der Waals surface area (Å²) in [6.45, 7) is 2.51. The molecule has 0 saturated carbocycles. The van der Waals surface area contributed by atoms with Crippen molar-refractivity contribution in [3.8, 4) is 22.8 Å². The number of rotatable bonds is 15. The first-order chi connectivity index (χ1) is 30.5. The van der Waals surface area contributed by atoms with Crippen molar-refractivity contribution >= 4 is 58.0 Å². The molecule has 5 aromatic rings. The number of piperidine rings is 2. The highest BCUT2D eigenvalue weighted by Gasteiger charge is 2.45. The Morgan fingerprint density at radius 2 is 1.76 bits per heavy atom. The van der Waals surface area contributed by atoms with Crippen LogP contribution in [0.15, 0.2) is 91.3 Å². The van der Waals surface area contributed by atoms with Crippen molar-refractivity contribution in [3.63, 3.8) is 0 Å². The minimum atomic E-state index is -1.08. The van der Waals surface area contributed by atoms with Crippen molar-refractivity contribution in [3.05, 3.63) is 102 Å². The van der Waals surface area contributed by atoms with E-state index in [2.05, 4.69) is 25.9 Å². The lowest BCUT2D eigenvalue weighted by Gasteiger charge is -2.32. The van der Waals surface area contributed by atoms with E-state index in [1.807, 2.05) is 82.2 Å². The van der Waals surface area contributed by atoms with Gasteiger partial charge in [0, 0.05) is 49.9 Å². The Labute approximate surface area is 362 Å². The average Bonchev–Trinajstić information content (AvgIpc) is 3.80. The number of ether oxygens (including phenoxy) is 1.